The molecule has 1 unspecified atom stereocenters. The molecule has 2 aliphatic rings. The number of halogens is 3. The molecule has 2 saturated carbocycles. The molecular weight excluding hydrogens is 289 g/mol. The van der Waals surface area contributed by atoms with Crippen LogP contribution in [-0.4, -0.2) is 19.4 Å². The number of hydrogen-bond acceptors (Lipinski definition) is 1. The van der Waals surface area contributed by atoms with Gasteiger partial charge in [0.25, 0.3) is 0 Å². The first kappa shape index (κ1) is 17.8. The fraction of sp³-hybridized carbons (Fsp3) is 0.889. The highest BCUT2D eigenvalue weighted by molar-refractivity contribution is 4.94. The standard InChI is InChI=1S/C18H29F3O/c1-22-17(18(19,20)21)9-5-6-14-10-12-16(13-11-14)15-7-3-2-4-8-15/h5-6,14-17H,2-4,7-13H2,1H3/t14-,16-,17?. The van der Waals surface area contributed by atoms with Gasteiger partial charge in [0.2, 0.25) is 0 Å². The van der Waals surface area contributed by atoms with Crippen LogP contribution >= 0.6 is 0 Å². The summed E-state index contributed by atoms with van der Waals surface area (Å²) in [5, 5.41) is 0. The predicted octanol–water partition coefficient (Wildman–Crippen LogP) is 5.90. The molecule has 0 N–H and O–H groups in total. The second kappa shape index (κ2) is 8.37. The minimum atomic E-state index is -4.27. The van der Waals surface area contributed by atoms with Crippen LogP contribution in [0.25, 0.3) is 0 Å². The van der Waals surface area contributed by atoms with Crippen molar-refractivity contribution >= 4 is 0 Å². The fourth-order valence-electron chi connectivity index (χ4n) is 4.17. The van der Waals surface area contributed by atoms with Crippen molar-refractivity contribution in [2.45, 2.75) is 76.5 Å². The Morgan fingerprint density at radius 1 is 0.955 bits per heavy atom. The van der Waals surface area contributed by atoms with Gasteiger partial charge in [-0.05, 0) is 43.4 Å². The molecule has 0 bridgehead atoms. The minimum absolute atomic E-state index is 0.0669. The number of rotatable bonds is 5. The van der Waals surface area contributed by atoms with Crippen molar-refractivity contribution in [1.29, 1.82) is 0 Å². The topological polar surface area (TPSA) is 9.23 Å². The first-order valence-electron chi connectivity index (χ1n) is 8.77. The van der Waals surface area contributed by atoms with Gasteiger partial charge in [0.1, 0.15) is 0 Å². The van der Waals surface area contributed by atoms with E-state index in [1.165, 1.54) is 44.9 Å². The zero-order valence-corrected chi connectivity index (χ0v) is 13.6. The van der Waals surface area contributed by atoms with Crippen molar-refractivity contribution in [3.63, 3.8) is 0 Å². The van der Waals surface area contributed by atoms with E-state index in [4.69, 9.17) is 0 Å². The largest absolute Gasteiger partial charge is 0.414 e. The molecule has 2 aliphatic carbocycles. The molecule has 2 rings (SSSR count). The highest BCUT2D eigenvalue weighted by Gasteiger charge is 2.39. The number of hydrogen-bond donors (Lipinski definition) is 0. The van der Waals surface area contributed by atoms with E-state index >= 15 is 0 Å². The van der Waals surface area contributed by atoms with Gasteiger partial charge >= 0.3 is 6.18 Å². The maximum absolute atomic E-state index is 12.6. The van der Waals surface area contributed by atoms with E-state index in [1.807, 2.05) is 6.08 Å². The summed E-state index contributed by atoms with van der Waals surface area (Å²) in [5.74, 6) is 2.25. The Balaban J connectivity index is 1.71. The van der Waals surface area contributed by atoms with Crippen molar-refractivity contribution in [2.24, 2.45) is 17.8 Å². The molecule has 0 aromatic rings. The second-order valence-electron chi connectivity index (χ2n) is 7.00. The Morgan fingerprint density at radius 3 is 2.09 bits per heavy atom. The van der Waals surface area contributed by atoms with E-state index in [9.17, 15) is 13.2 Å². The van der Waals surface area contributed by atoms with Crippen molar-refractivity contribution in [1.82, 2.24) is 0 Å². The van der Waals surface area contributed by atoms with E-state index in [-0.39, 0.29) is 6.42 Å². The van der Waals surface area contributed by atoms with Gasteiger partial charge in [-0.1, -0.05) is 44.3 Å². The zero-order valence-electron chi connectivity index (χ0n) is 13.6. The number of ether oxygens (including phenoxy) is 1. The zero-order chi connectivity index (χ0) is 16.0. The molecular formula is C18H29F3O. The molecule has 128 valence electrons. The molecule has 1 nitrogen and oxygen atoms in total. The molecule has 0 radical (unpaired) electrons. The average Bonchev–Trinajstić information content (AvgIpc) is 2.52. The summed E-state index contributed by atoms with van der Waals surface area (Å²) in [6.45, 7) is 0. The van der Waals surface area contributed by atoms with Crippen LogP contribution < -0.4 is 0 Å². The molecule has 2 fully saturated rings. The van der Waals surface area contributed by atoms with Gasteiger partial charge < -0.3 is 4.74 Å². The van der Waals surface area contributed by atoms with E-state index in [2.05, 4.69) is 4.74 Å². The Hall–Kier alpha value is -0.510. The van der Waals surface area contributed by atoms with Gasteiger partial charge in [0.05, 0.1) is 0 Å². The fourth-order valence-corrected chi connectivity index (χ4v) is 4.17. The molecule has 0 saturated heterocycles. The summed E-state index contributed by atoms with van der Waals surface area (Å²) >= 11 is 0. The lowest BCUT2D eigenvalue weighted by molar-refractivity contribution is -0.211. The first-order chi connectivity index (χ1) is 10.5. The van der Waals surface area contributed by atoms with Crippen LogP contribution in [-0.2, 0) is 4.74 Å². The molecule has 0 heterocycles. The van der Waals surface area contributed by atoms with E-state index in [0.717, 1.165) is 31.8 Å². The SMILES string of the molecule is COC(CC=C[C@H]1CC[C@H](C2CCCCC2)CC1)C(F)(F)F. The Morgan fingerprint density at radius 2 is 1.55 bits per heavy atom. The van der Waals surface area contributed by atoms with Gasteiger partial charge in [-0.15, -0.1) is 0 Å². The van der Waals surface area contributed by atoms with Gasteiger partial charge in [-0.25, -0.2) is 0 Å². The number of methoxy groups -OCH3 is 1. The lowest BCUT2D eigenvalue weighted by atomic mass is 9.71. The van der Waals surface area contributed by atoms with Gasteiger partial charge in [0, 0.05) is 13.5 Å². The van der Waals surface area contributed by atoms with Crippen molar-refractivity contribution < 1.29 is 17.9 Å². The average molecular weight is 318 g/mol. The molecule has 22 heavy (non-hydrogen) atoms. The summed E-state index contributed by atoms with van der Waals surface area (Å²) in [6.07, 6.45) is 9.43. The van der Waals surface area contributed by atoms with Crippen molar-refractivity contribution in [3.05, 3.63) is 12.2 Å². The summed E-state index contributed by atoms with van der Waals surface area (Å²) < 4.78 is 42.3. The normalized spacial score (nSPS) is 29.8. The van der Waals surface area contributed by atoms with Crippen LogP contribution in [0.3, 0.4) is 0 Å². The monoisotopic (exact) mass is 318 g/mol. The third kappa shape index (κ3) is 5.29. The van der Waals surface area contributed by atoms with Crippen molar-refractivity contribution in [3.8, 4) is 0 Å². The van der Waals surface area contributed by atoms with Crippen LogP contribution in [0.5, 0.6) is 0 Å². The molecule has 0 amide bonds. The summed E-state index contributed by atoms with van der Waals surface area (Å²) in [4.78, 5) is 0. The van der Waals surface area contributed by atoms with Crippen LogP contribution in [0.1, 0.15) is 64.2 Å². The van der Waals surface area contributed by atoms with Crippen LogP contribution in [0, 0.1) is 17.8 Å². The van der Waals surface area contributed by atoms with E-state index in [1.54, 1.807) is 6.08 Å². The minimum Gasteiger partial charge on any atom is -0.372 e. The second-order valence-corrected chi connectivity index (χ2v) is 7.00. The maximum Gasteiger partial charge on any atom is 0.414 e. The van der Waals surface area contributed by atoms with Crippen LogP contribution in [0.15, 0.2) is 12.2 Å². The molecule has 0 aliphatic heterocycles. The molecule has 1 atom stereocenters. The Labute approximate surface area is 132 Å². The summed E-state index contributed by atoms with van der Waals surface area (Å²) in [7, 11) is 1.13. The molecule has 0 aromatic carbocycles. The first-order valence-corrected chi connectivity index (χ1v) is 8.77. The Kier molecular flexibility index (Phi) is 6.79. The highest BCUT2D eigenvalue weighted by atomic mass is 19.4. The highest BCUT2D eigenvalue weighted by Crippen LogP contribution is 2.40. The number of alkyl halides is 3. The summed E-state index contributed by atoms with van der Waals surface area (Å²) in [5.41, 5.74) is 0. The maximum atomic E-state index is 12.6. The predicted molar refractivity (Wildman–Crippen MR) is 82.6 cm³/mol. The van der Waals surface area contributed by atoms with Gasteiger partial charge in [-0.3, -0.25) is 0 Å². The third-order valence-corrected chi connectivity index (χ3v) is 5.54. The molecule has 0 aromatic heterocycles. The van der Waals surface area contributed by atoms with Crippen LogP contribution in [0.4, 0.5) is 13.2 Å². The van der Waals surface area contributed by atoms with Gasteiger partial charge in [0.15, 0.2) is 6.10 Å². The molecule has 4 heteroatoms. The lowest BCUT2D eigenvalue weighted by Crippen LogP contribution is -2.30. The van der Waals surface area contributed by atoms with E-state index < -0.39 is 12.3 Å². The number of allylic oxidation sites excluding steroid dienone is 1. The quantitative estimate of drug-likeness (QED) is 0.574. The van der Waals surface area contributed by atoms with Crippen LogP contribution in [0.2, 0.25) is 0 Å². The Bertz CT molecular complexity index is 337. The summed E-state index contributed by atoms with van der Waals surface area (Å²) in [6, 6.07) is 0. The van der Waals surface area contributed by atoms with Crippen molar-refractivity contribution in [2.75, 3.05) is 7.11 Å². The smallest absolute Gasteiger partial charge is 0.372 e. The lowest BCUT2D eigenvalue weighted by Gasteiger charge is -2.35. The third-order valence-electron chi connectivity index (χ3n) is 5.54. The molecule has 0 spiro atoms. The van der Waals surface area contributed by atoms with Gasteiger partial charge in [-0.2, -0.15) is 13.2 Å². The van der Waals surface area contributed by atoms with E-state index in [0.29, 0.717) is 5.92 Å².